The van der Waals surface area contributed by atoms with Crippen LogP contribution in [0.1, 0.15) is 50.2 Å². The standard InChI is InChI=1S/C29H31F3O3S/c1-3-28(16-10-11-17-28)34-20-26(33)35-27-21(2)18-24(19-25(27)29(30,31)32)36(22-12-6-4-7-13-22)23-14-8-5-9-15-23/h4-9,12-15,18-19,36H,3,10-11,16-17,20H2,1-2H3. The van der Waals surface area contributed by atoms with Crippen LogP contribution in [0.3, 0.4) is 0 Å². The molecule has 0 amide bonds. The van der Waals surface area contributed by atoms with E-state index in [4.69, 9.17) is 9.47 Å². The molecule has 0 unspecified atom stereocenters. The van der Waals surface area contributed by atoms with E-state index in [1.54, 1.807) is 13.0 Å². The Morgan fingerprint density at radius 3 is 1.97 bits per heavy atom. The summed E-state index contributed by atoms with van der Waals surface area (Å²) in [5.41, 5.74) is -1.07. The van der Waals surface area contributed by atoms with E-state index in [-0.39, 0.29) is 17.8 Å². The number of hydrogen-bond acceptors (Lipinski definition) is 3. The van der Waals surface area contributed by atoms with Crippen LogP contribution in [-0.2, 0) is 15.7 Å². The van der Waals surface area contributed by atoms with Gasteiger partial charge in [-0.05, 0) is 82.8 Å². The molecule has 36 heavy (non-hydrogen) atoms. The Morgan fingerprint density at radius 1 is 0.917 bits per heavy atom. The maximum absolute atomic E-state index is 14.3. The third kappa shape index (κ3) is 5.95. The van der Waals surface area contributed by atoms with E-state index >= 15 is 0 Å². The maximum Gasteiger partial charge on any atom is 0.420 e. The summed E-state index contributed by atoms with van der Waals surface area (Å²) in [5.74, 6) is -1.27. The molecule has 0 atom stereocenters. The Labute approximate surface area is 213 Å². The molecule has 3 aromatic rings. The number of benzene rings is 3. The first-order chi connectivity index (χ1) is 17.2. The Bertz CT molecular complexity index is 1130. The normalized spacial score (nSPS) is 15.5. The zero-order chi connectivity index (χ0) is 25.8. The van der Waals surface area contributed by atoms with Gasteiger partial charge >= 0.3 is 12.1 Å². The van der Waals surface area contributed by atoms with Crippen molar-refractivity contribution < 1.29 is 27.4 Å². The number of halogens is 3. The summed E-state index contributed by atoms with van der Waals surface area (Å²) in [6.45, 7) is 3.18. The maximum atomic E-state index is 14.3. The SMILES string of the molecule is CCC1(OCC(=O)Oc2c(C)cc([SH](c3ccccc3)c3ccccc3)cc2C(F)(F)F)CCCC1. The number of carbonyl (C=O) groups is 1. The van der Waals surface area contributed by atoms with Crippen molar-refractivity contribution in [1.29, 1.82) is 0 Å². The molecule has 3 nitrogen and oxygen atoms in total. The molecule has 1 aliphatic rings. The fourth-order valence-electron chi connectivity index (χ4n) is 4.81. The zero-order valence-electron chi connectivity index (χ0n) is 20.5. The van der Waals surface area contributed by atoms with E-state index in [2.05, 4.69) is 0 Å². The van der Waals surface area contributed by atoms with E-state index in [1.807, 2.05) is 67.6 Å². The van der Waals surface area contributed by atoms with Crippen molar-refractivity contribution in [2.45, 2.75) is 72.4 Å². The molecule has 0 spiro atoms. The first-order valence-electron chi connectivity index (χ1n) is 12.2. The fourth-order valence-corrected chi connectivity index (χ4v) is 7.22. The summed E-state index contributed by atoms with van der Waals surface area (Å²) in [6, 6.07) is 21.9. The van der Waals surface area contributed by atoms with Crippen LogP contribution in [0.4, 0.5) is 13.2 Å². The molecule has 1 aliphatic carbocycles. The first kappa shape index (κ1) is 26.3. The van der Waals surface area contributed by atoms with Gasteiger partial charge in [-0.2, -0.15) is 24.1 Å². The molecule has 0 saturated heterocycles. The molecule has 1 saturated carbocycles. The predicted octanol–water partition coefficient (Wildman–Crippen LogP) is 8.14. The number of esters is 1. The highest BCUT2D eigenvalue weighted by Crippen LogP contribution is 2.53. The van der Waals surface area contributed by atoms with Crippen LogP contribution in [0, 0.1) is 6.92 Å². The van der Waals surface area contributed by atoms with Crippen LogP contribution < -0.4 is 4.74 Å². The van der Waals surface area contributed by atoms with Crippen molar-refractivity contribution in [3.05, 3.63) is 83.9 Å². The molecule has 3 aromatic carbocycles. The third-order valence-electron chi connectivity index (χ3n) is 6.72. The van der Waals surface area contributed by atoms with E-state index in [9.17, 15) is 18.0 Å². The number of thiol groups is 1. The number of aryl methyl sites for hydroxylation is 1. The molecule has 0 heterocycles. The largest absolute Gasteiger partial charge is 0.424 e. The molecule has 192 valence electrons. The summed E-state index contributed by atoms with van der Waals surface area (Å²) in [4.78, 5) is 15.0. The number of alkyl halides is 3. The van der Waals surface area contributed by atoms with Crippen LogP contribution in [0.2, 0.25) is 0 Å². The lowest BCUT2D eigenvalue weighted by Gasteiger charge is -2.28. The predicted molar refractivity (Wildman–Crippen MR) is 136 cm³/mol. The van der Waals surface area contributed by atoms with E-state index in [0.29, 0.717) is 4.90 Å². The van der Waals surface area contributed by atoms with Crippen LogP contribution >= 0.6 is 10.9 Å². The van der Waals surface area contributed by atoms with Gasteiger partial charge in [0.2, 0.25) is 0 Å². The highest BCUT2D eigenvalue weighted by atomic mass is 32.2. The summed E-state index contributed by atoms with van der Waals surface area (Å²) >= 11 is 0. The van der Waals surface area contributed by atoms with Gasteiger partial charge in [0.1, 0.15) is 12.4 Å². The number of rotatable bonds is 8. The van der Waals surface area contributed by atoms with Crippen molar-refractivity contribution in [1.82, 2.24) is 0 Å². The van der Waals surface area contributed by atoms with E-state index < -0.39 is 34.4 Å². The van der Waals surface area contributed by atoms with Crippen LogP contribution in [0.25, 0.3) is 0 Å². The molecular weight excluding hydrogens is 485 g/mol. The molecule has 0 bridgehead atoms. The Hall–Kier alpha value is -2.77. The Morgan fingerprint density at radius 2 is 1.47 bits per heavy atom. The second-order valence-corrected chi connectivity index (χ2v) is 11.4. The summed E-state index contributed by atoms with van der Waals surface area (Å²) in [5, 5.41) is 0. The van der Waals surface area contributed by atoms with Gasteiger partial charge in [0.25, 0.3) is 0 Å². The molecule has 0 radical (unpaired) electrons. The van der Waals surface area contributed by atoms with Gasteiger partial charge in [-0.1, -0.05) is 56.2 Å². The molecule has 7 heteroatoms. The molecular formula is C29H31F3O3S. The fraction of sp³-hybridized carbons (Fsp3) is 0.345. The highest BCUT2D eigenvalue weighted by molar-refractivity contribution is 8.17. The summed E-state index contributed by atoms with van der Waals surface area (Å²) in [7, 11) is -1.25. The minimum atomic E-state index is -4.69. The van der Waals surface area contributed by atoms with Gasteiger partial charge in [-0.15, -0.1) is 0 Å². The second-order valence-electron chi connectivity index (χ2n) is 9.15. The van der Waals surface area contributed by atoms with Gasteiger partial charge in [-0.25, -0.2) is 4.79 Å². The van der Waals surface area contributed by atoms with Gasteiger partial charge in [0.05, 0.1) is 11.2 Å². The van der Waals surface area contributed by atoms with Crippen LogP contribution in [0.5, 0.6) is 5.75 Å². The minimum Gasteiger partial charge on any atom is -0.424 e. The monoisotopic (exact) mass is 516 g/mol. The number of hydrogen-bond donors (Lipinski definition) is 1. The summed E-state index contributed by atoms with van der Waals surface area (Å²) in [6.07, 6.45) is -0.200. The van der Waals surface area contributed by atoms with E-state index in [1.165, 1.54) is 0 Å². The quantitative estimate of drug-likeness (QED) is 0.186. The Balaban J connectivity index is 1.68. The summed E-state index contributed by atoms with van der Waals surface area (Å²) < 4.78 is 54.0. The van der Waals surface area contributed by atoms with E-state index in [0.717, 1.165) is 48.0 Å². The lowest BCUT2D eigenvalue weighted by atomic mass is 9.99. The van der Waals surface area contributed by atoms with Gasteiger partial charge < -0.3 is 9.47 Å². The lowest BCUT2D eigenvalue weighted by molar-refractivity contribution is -0.150. The van der Waals surface area contributed by atoms with Gasteiger partial charge in [-0.3, -0.25) is 0 Å². The molecule has 0 aromatic heterocycles. The van der Waals surface area contributed by atoms with Crippen molar-refractivity contribution in [3.8, 4) is 5.75 Å². The zero-order valence-corrected chi connectivity index (χ0v) is 21.4. The van der Waals surface area contributed by atoms with Crippen molar-refractivity contribution in [2.24, 2.45) is 0 Å². The van der Waals surface area contributed by atoms with Crippen LogP contribution in [0.15, 0.2) is 87.5 Å². The smallest absolute Gasteiger partial charge is 0.420 e. The first-order valence-corrected chi connectivity index (χ1v) is 13.5. The van der Waals surface area contributed by atoms with Crippen LogP contribution in [-0.4, -0.2) is 18.2 Å². The lowest BCUT2D eigenvalue weighted by Crippen LogP contribution is -2.32. The average Bonchev–Trinajstić information content (AvgIpc) is 3.35. The van der Waals surface area contributed by atoms with Gasteiger partial charge in [0, 0.05) is 0 Å². The molecule has 0 N–H and O–H groups in total. The Kier molecular flexibility index (Phi) is 8.10. The van der Waals surface area contributed by atoms with Crippen molar-refractivity contribution >= 4 is 16.9 Å². The second kappa shape index (κ2) is 11.1. The van der Waals surface area contributed by atoms with Crippen molar-refractivity contribution in [2.75, 3.05) is 6.61 Å². The van der Waals surface area contributed by atoms with Gasteiger partial charge in [0.15, 0.2) is 0 Å². The molecule has 0 aliphatic heterocycles. The third-order valence-corrected chi connectivity index (χ3v) is 9.13. The topological polar surface area (TPSA) is 35.5 Å². The minimum absolute atomic E-state index is 0.263. The molecule has 4 rings (SSSR count). The number of ether oxygens (including phenoxy) is 2. The molecule has 1 fully saturated rings. The van der Waals surface area contributed by atoms with Crippen molar-refractivity contribution in [3.63, 3.8) is 0 Å². The average molecular weight is 517 g/mol. The highest BCUT2D eigenvalue weighted by Gasteiger charge is 2.38. The number of carbonyl (C=O) groups excluding carboxylic acids is 1.